The van der Waals surface area contributed by atoms with Crippen LogP contribution in [0.2, 0.25) is 0 Å². The molecule has 1 unspecified atom stereocenters. The molecule has 0 amide bonds. The molecule has 0 saturated heterocycles. The normalized spacial score (nSPS) is 12.5. The molecule has 0 aliphatic heterocycles. The third-order valence-corrected chi connectivity index (χ3v) is 3.00. The molecule has 0 fully saturated rings. The van der Waals surface area contributed by atoms with Gasteiger partial charge in [-0.1, -0.05) is 6.07 Å². The van der Waals surface area contributed by atoms with Gasteiger partial charge in [0.2, 0.25) is 0 Å². The lowest BCUT2D eigenvalue weighted by Crippen LogP contribution is -2.25. The molecule has 17 heavy (non-hydrogen) atoms. The summed E-state index contributed by atoms with van der Waals surface area (Å²) < 4.78 is 5.22. The standard InChI is InChI=1S/C14H24N2O/c1-11-6-7-13(9-12(11)2)16-14(10-17-3)5-4-8-15/h6-7,9,14,16H,4-5,8,10,15H2,1-3H3. The zero-order valence-corrected chi connectivity index (χ0v) is 11.1. The molecular formula is C14H24N2O. The van der Waals surface area contributed by atoms with E-state index in [1.165, 1.54) is 11.1 Å². The van der Waals surface area contributed by atoms with Gasteiger partial charge < -0.3 is 15.8 Å². The second kappa shape index (κ2) is 7.30. The first-order valence-corrected chi connectivity index (χ1v) is 6.20. The van der Waals surface area contributed by atoms with E-state index >= 15 is 0 Å². The maximum atomic E-state index is 5.54. The number of nitrogens with one attached hydrogen (secondary N) is 1. The molecular weight excluding hydrogens is 212 g/mol. The van der Waals surface area contributed by atoms with Crippen LogP contribution >= 0.6 is 0 Å². The van der Waals surface area contributed by atoms with Crippen molar-refractivity contribution in [1.82, 2.24) is 0 Å². The molecule has 3 heteroatoms. The van der Waals surface area contributed by atoms with Crippen molar-refractivity contribution in [3.8, 4) is 0 Å². The molecule has 0 aliphatic carbocycles. The number of hydrogen-bond donors (Lipinski definition) is 2. The molecule has 0 aromatic heterocycles. The zero-order chi connectivity index (χ0) is 12.7. The first-order chi connectivity index (χ1) is 8.17. The molecule has 0 spiro atoms. The summed E-state index contributed by atoms with van der Waals surface area (Å²) in [6.45, 7) is 5.70. The summed E-state index contributed by atoms with van der Waals surface area (Å²) in [6, 6.07) is 6.78. The maximum Gasteiger partial charge on any atom is 0.0664 e. The molecule has 96 valence electrons. The van der Waals surface area contributed by atoms with Crippen molar-refractivity contribution >= 4 is 5.69 Å². The largest absolute Gasteiger partial charge is 0.383 e. The fourth-order valence-electron chi connectivity index (χ4n) is 1.83. The van der Waals surface area contributed by atoms with Crippen molar-refractivity contribution in [2.24, 2.45) is 5.73 Å². The van der Waals surface area contributed by atoms with E-state index in [0.717, 1.165) is 25.1 Å². The van der Waals surface area contributed by atoms with Crippen molar-refractivity contribution in [3.63, 3.8) is 0 Å². The van der Waals surface area contributed by atoms with Crippen LogP contribution in [-0.4, -0.2) is 26.3 Å². The van der Waals surface area contributed by atoms with Crippen molar-refractivity contribution in [1.29, 1.82) is 0 Å². The average molecular weight is 236 g/mol. The molecule has 0 saturated carbocycles. The topological polar surface area (TPSA) is 47.3 Å². The lowest BCUT2D eigenvalue weighted by molar-refractivity contribution is 0.182. The van der Waals surface area contributed by atoms with Gasteiger partial charge in [-0.2, -0.15) is 0 Å². The predicted octanol–water partition coefficient (Wildman–Crippen LogP) is 2.47. The Hall–Kier alpha value is -1.06. The van der Waals surface area contributed by atoms with Crippen LogP contribution < -0.4 is 11.1 Å². The monoisotopic (exact) mass is 236 g/mol. The Bertz CT molecular complexity index is 339. The Morgan fingerprint density at radius 2 is 2.06 bits per heavy atom. The number of benzene rings is 1. The number of aryl methyl sites for hydroxylation is 2. The van der Waals surface area contributed by atoms with E-state index in [1.54, 1.807) is 7.11 Å². The third kappa shape index (κ3) is 4.75. The Kier molecular flexibility index (Phi) is 6.01. The van der Waals surface area contributed by atoms with E-state index in [1.807, 2.05) is 0 Å². The summed E-state index contributed by atoms with van der Waals surface area (Å²) in [7, 11) is 1.73. The molecule has 3 nitrogen and oxygen atoms in total. The lowest BCUT2D eigenvalue weighted by atomic mass is 10.1. The van der Waals surface area contributed by atoms with Crippen molar-refractivity contribution in [2.45, 2.75) is 32.7 Å². The number of ether oxygens (including phenoxy) is 1. The van der Waals surface area contributed by atoms with Gasteiger partial charge in [-0.15, -0.1) is 0 Å². The van der Waals surface area contributed by atoms with E-state index in [9.17, 15) is 0 Å². The summed E-state index contributed by atoms with van der Waals surface area (Å²) in [4.78, 5) is 0. The van der Waals surface area contributed by atoms with Crippen LogP contribution in [0.5, 0.6) is 0 Å². The number of nitrogens with two attached hydrogens (primary N) is 1. The van der Waals surface area contributed by atoms with Crippen LogP contribution in [0.4, 0.5) is 5.69 Å². The van der Waals surface area contributed by atoms with Gasteiger partial charge in [0, 0.05) is 18.8 Å². The molecule has 1 atom stereocenters. The minimum atomic E-state index is 0.339. The second-order valence-electron chi connectivity index (χ2n) is 4.53. The second-order valence-corrected chi connectivity index (χ2v) is 4.53. The minimum absolute atomic E-state index is 0.339. The first kappa shape index (κ1) is 14.0. The highest BCUT2D eigenvalue weighted by Crippen LogP contribution is 2.16. The van der Waals surface area contributed by atoms with Gasteiger partial charge in [0.1, 0.15) is 0 Å². The number of anilines is 1. The van der Waals surface area contributed by atoms with Crippen LogP contribution in [0.3, 0.4) is 0 Å². The fraction of sp³-hybridized carbons (Fsp3) is 0.571. The Morgan fingerprint density at radius 3 is 2.65 bits per heavy atom. The average Bonchev–Trinajstić information content (AvgIpc) is 2.31. The van der Waals surface area contributed by atoms with Crippen LogP contribution in [0.15, 0.2) is 18.2 Å². The summed E-state index contributed by atoms with van der Waals surface area (Å²) in [5.74, 6) is 0. The van der Waals surface area contributed by atoms with Crippen molar-refractivity contribution < 1.29 is 4.74 Å². The van der Waals surface area contributed by atoms with Crippen LogP contribution in [0.25, 0.3) is 0 Å². The highest BCUT2D eigenvalue weighted by molar-refractivity contribution is 5.48. The smallest absolute Gasteiger partial charge is 0.0664 e. The SMILES string of the molecule is COCC(CCCN)Nc1ccc(C)c(C)c1. The number of methoxy groups -OCH3 is 1. The molecule has 0 bridgehead atoms. The van der Waals surface area contributed by atoms with Crippen LogP contribution in [0.1, 0.15) is 24.0 Å². The van der Waals surface area contributed by atoms with E-state index in [-0.39, 0.29) is 0 Å². The van der Waals surface area contributed by atoms with Gasteiger partial charge in [0.05, 0.1) is 6.61 Å². The third-order valence-electron chi connectivity index (χ3n) is 3.00. The zero-order valence-electron chi connectivity index (χ0n) is 11.1. The van der Waals surface area contributed by atoms with E-state index in [4.69, 9.17) is 10.5 Å². The Labute approximate surface area is 104 Å². The molecule has 1 aromatic carbocycles. The van der Waals surface area contributed by atoms with Gasteiger partial charge in [-0.3, -0.25) is 0 Å². The van der Waals surface area contributed by atoms with E-state index in [2.05, 4.69) is 37.4 Å². The van der Waals surface area contributed by atoms with E-state index in [0.29, 0.717) is 12.6 Å². The van der Waals surface area contributed by atoms with Crippen molar-refractivity contribution in [2.75, 3.05) is 25.6 Å². The molecule has 0 radical (unpaired) electrons. The van der Waals surface area contributed by atoms with E-state index < -0.39 is 0 Å². The molecule has 0 aliphatic rings. The summed E-state index contributed by atoms with van der Waals surface area (Å²) >= 11 is 0. The van der Waals surface area contributed by atoms with Gasteiger partial charge in [0.15, 0.2) is 0 Å². The number of rotatable bonds is 7. The summed E-state index contributed by atoms with van der Waals surface area (Å²) in [5, 5.41) is 3.50. The minimum Gasteiger partial charge on any atom is -0.383 e. The summed E-state index contributed by atoms with van der Waals surface area (Å²) in [6.07, 6.45) is 2.06. The fourth-order valence-corrected chi connectivity index (χ4v) is 1.83. The quantitative estimate of drug-likeness (QED) is 0.764. The molecule has 1 aromatic rings. The van der Waals surface area contributed by atoms with Gasteiger partial charge >= 0.3 is 0 Å². The van der Waals surface area contributed by atoms with Crippen LogP contribution in [-0.2, 0) is 4.74 Å². The number of hydrogen-bond acceptors (Lipinski definition) is 3. The van der Waals surface area contributed by atoms with Crippen LogP contribution in [0, 0.1) is 13.8 Å². The van der Waals surface area contributed by atoms with Gasteiger partial charge in [-0.05, 0) is 56.5 Å². The van der Waals surface area contributed by atoms with Gasteiger partial charge in [-0.25, -0.2) is 0 Å². The molecule has 3 N–H and O–H groups in total. The Balaban J connectivity index is 2.61. The van der Waals surface area contributed by atoms with Crippen molar-refractivity contribution in [3.05, 3.63) is 29.3 Å². The Morgan fingerprint density at radius 1 is 1.29 bits per heavy atom. The molecule has 0 heterocycles. The highest BCUT2D eigenvalue weighted by atomic mass is 16.5. The lowest BCUT2D eigenvalue weighted by Gasteiger charge is -2.19. The molecule has 1 rings (SSSR count). The maximum absolute atomic E-state index is 5.54. The summed E-state index contributed by atoms with van der Waals surface area (Å²) in [5.41, 5.74) is 9.33. The van der Waals surface area contributed by atoms with Gasteiger partial charge in [0.25, 0.3) is 0 Å². The highest BCUT2D eigenvalue weighted by Gasteiger charge is 2.08. The predicted molar refractivity (Wildman–Crippen MR) is 73.5 cm³/mol. The first-order valence-electron chi connectivity index (χ1n) is 6.20.